The van der Waals surface area contributed by atoms with Gasteiger partial charge in [-0.2, -0.15) is 4.99 Å². The first-order valence-corrected chi connectivity index (χ1v) is 16.7. The zero-order valence-electron chi connectivity index (χ0n) is 27.9. The largest absolute Gasteiger partial charge is 0.497 e. The third kappa shape index (κ3) is 7.90. The minimum absolute atomic E-state index is 0.0731. The number of ether oxygens (including phenoxy) is 1. The number of aromatic nitrogens is 1. The number of thioether (sulfide) groups is 1. The molecule has 1 aliphatic rings. The molecule has 8 nitrogen and oxygen atoms in total. The van der Waals surface area contributed by atoms with Gasteiger partial charge in [-0.3, -0.25) is 19.3 Å². The van der Waals surface area contributed by atoms with Crippen molar-refractivity contribution in [1.82, 2.24) is 14.8 Å². The first-order chi connectivity index (χ1) is 23.7. The molecular formula is C40H38N4O4S. The highest BCUT2D eigenvalue weighted by atomic mass is 32.2. The van der Waals surface area contributed by atoms with Crippen LogP contribution in [0.5, 0.6) is 5.75 Å². The zero-order valence-corrected chi connectivity index (χ0v) is 28.7. The lowest BCUT2D eigenvalue weighted by atomic mass is 9.99. The smallest absolute Gasteiger partial charge is 0.285 e. The second-order valence-electron chi connectivity index (χ2n) is 11.2. The van der Waals surface area contributed by atoms with Gasteiger partial charge in [-0.1, -0.05) is 97.2 Å². The maximum absolute atomic E-state index is 14.2. The Morgan fingerprint density at radius 3 is 2.18 bits per heavy atom. The maximum atomic E-state index is 14.2. The lowest BCUT2D eigenvalue weighted by molar-refractivity contribution is -0.126. The highest BCUT2D eigenvalue weighted by Gasteiger charge is 2.35. The molecule has 0 saturated heterocycles. The topological polar surface area (TPSA) is 93.0 Å². The van der Waals surface area contributed by atoms with E-state index in [-0.39, 0.29) is 28.4 Å². The molecule has 1 N–H and O–H groups in total. The molecule has 2 heterocycles. The van der Waals surface area contributed by atoms with E-state index in [2.05, 4.69) is 16.9 Å². The molecular weight excluding hydrogens is 633 g/mol. The molecule has 0 bridgehead atoms. The number of nitrogens with zero attached hydrogens (tertiary/aromatic N) is 3. The average Bonchev–Trinajstić information content (AvgIpc) is 3.41. The van der Waals surface area contributed by atoms with Gasteiger partial charge >= 0.3 is 0 Å². The lowest BCUT2D eigenvalue weighted by Gasteiger charge is -2.28. The number of amides is 3. The average molecular weight is 671 g/mol. The van der Waals surface area contributed by atoms with Crippen LogP contribution < -0.4 is 10.1 Å². The second kappa shape index (κ2) is 16.0. The number of benzene rings is 3. The van der Waals surface area contributed by atoms with Gasteiger partial charge in [0, 0.05) is 22.8 Å². The maximum Gasteiger partial charge on any atom is 0.285 e. The van der Waals surface area contributed by atoms with Crippen molar-refractivity contribution in [3.63, 3.8) is 0 Å². The summed E-state index contributed by atoms with van der Waals surface area (Å²) in [5.41, 5.74) is 5.70. The van der Waals surface area contributed by atoms with E-state index in [4.69, 9.17) is 4.74 Å². The molecule has 0 unspecified atom stereocenters. The number of hydrogen-bond donors (Lipinski definition) is 1. The van der Waals surface area contributed by atoms with Crippen LogP contribution in [-0.2, 0) is 14.4 Å². The molecule has 248 valence electrons. The van der Waals surface area contributed by atoms with E-state index in [9.17, 15) is 14.4 Å². The number of nitrogens with one attached hydrogen (secondary N) is 1. The fourth-order valence-electron chi connectivity index (χ4n) is 5.61. The molecule has 1 aliphatic heterocycles. The Kier molecular flexibility index (Phi) is 11.3. The highest BCUT2D eigenvalue weighted by Crippen LogP contribution is 2.29. The minimum Gasteiger partial charge on any atom is -0.497 e. The van der Waals surface area contributed by atoms with Gasteiger partial charge in [-0.15, -0.1) is 0 Å². The monoisotopic (exact) mass is 670 g/mol. The predicted octanol–water partition coefficient (Wildman–Crippen LogP) is 7.50. The van der Waals surface area contributed by atoms with Crippen molar-refractivity contribution < 1.29 is 19.1 Å². The number of carbonyl (C=O) groups excluding carboxylic acids is 3. The Balaban J connectivity index is 1.44. The summed E-state index contributed by atoms with van der Waals surface area (Å²) >= 11 is 1.03. The summed E-state index contributed by atoms with van der Waals surface area (Å²) in [7, 11) is 1.62. The molecule has 0 radical (unpaired) electrons. The Labute approximate surface area is 291 Å². The van der Waals surface area contributed by atoms with Crippen LogP contribution in [0, 0.1) is 13.8 Å². The Morgan fingerprint density at radius 1 is 0.980 bits per heavy atom. The van der Waals surface area contributed by atoms with Gasteiger partial charge in [0.15, 0.2) is 5.17 Å². The van der Waals surface area contributed by atoms with Gasteiger partial charge in [0.2, 0.25) is 5.91 Å². The number of hydrogen-bond acceptors (Lipinski definition) is 5. The van der Waals surface area contributed by atoms with E-state index in [0.29, 0.717) is 11.3 Å². The molecule has 1 aromatic heterocycles. The Bertz CT molecular complexity index is 1930. The number of allylic oxidation sites excluding steroid dienone is 4. The third-order valence-corrected chi connectivity index (χ3v) is 8.95. The molecule has 0 aliphatic carbocycles. The molecule has 0 fully saturated rings. The van der Waals surface area contributed by atoms with Crippen LogP contribution in [0.1, 0.15) is 41.0 Å². The zero-order chi connectivity index (χ0) is 34.9. The fourth-order valence-corrected chi connectivity index (χ4v) is 6.42. The van der Waals surface area contributed by atoms with Crippen molar-refractivity contribution in [3.05, 3.63) is 161 Å². The van der Waals surface area contributed by atoms with E-state index in [1.165, 1.54) is 4.90 Å². The molecule has 5 rings (SSSR count). The number of amidine groups is 1. The van der Waals surface area contributed by atoms with E-state index in [0.717, 1.165) is 45.7 Å². The van der Waals surface area contributed by atoms with Crippen LogP contribution in [-0.4, -0.2) is 45.2 Å². The van der Waals surface area contributed by atoms with Crippen molar-refractivity contribution >= 4 is 40.7 Å². The molecule has 3 aromatic carbocycles. The molecule has 49 heavy (non-hydrogen) atoms. The normalized spacial score (nSPS) is 14.5. The summed E-state index contributed by atoms with van der Waals surface area (Å²) < 4.78 is 7.35. The highest BCUT2D eigenvalue weighted by molar-refractivity contribution is 8.14. The van der Waals surface area contributed by atoms with Crippen LogP contribution in [0.2, 0.25) is 0 Å². The van der Waals surface area contributed by atoms with Crippen molar-refractivity contribution in [2.75, 3.05) is 12.9 Å². The second-order valence-corrected chi connectivity index (χ2v) is 12.1. The third-order valence-electron chi connectivity index (χ3n) is 8.01. The van der Waals surface area contributed by atoms with Crippen molar-refractivity contribution in [2.24, 2.45) is 4.99 Å². The number of aryl methyl sites for hydroxylation is 1. The van der Waals surface area contributed by atoms with Crippen molar-refractivity contribution in [2.45, 2.75) is 26.8 Å². The van der Waals surface area contributed by atoms with Gasteiger partial charge in [0.05, 0.1) is 18.9 Å². The molecule has 4 aromatic rings. The predicted molar refractivity (Wildman–Crippen MR) is 197 cm³/mol. The van der Waals surface area contributed by atoms with Gasteiger partial charge in [0.1, 0.15) is 11.3 Å². The summed E-state index contributed by atoms with van der Waals surface area (Å²) in [5, 5.41) is 3.23. The van der Waals surface area contributed by atoms with E-state index in [1.807, 2.05) is 109 Å². The lowest BCUT2D eigenvalue weighted by Crippen LogP contribution is -2.42. The first kappa shape index (κ1) is 34.7. The summed E-state index contributed by atoms with van der Waals surface area (Å²) in [6.07, 6.45) is 8.35. The molecule has 0 spiro atoms. The Hall–Kier alpha value is -5.67. The van der Waals surface area contributed by atoms with Gasteiger partial charge in [0.25, 0.3) is 11.8 Å². The standard InChI is InChI=1S/C40H38N4O4S/c1-6-8-19-32(7-2)44-39(47)35(25-31-24-27(3)43(28(31)4)33-20-22-34(48-5)23-21-33)38(46)42-40(44)49-26-36(45)41-37(29-15-11-9-12-16-29)30-17-13-10-14-18-30/h6-25,37H,1,26H2,2-5H3,(H,41,45)/b19-8-,32-7+,35-25+. The van der Waals surface area contributed by atoms with Crippen LogP contribution in [0.15, 0.2) is 138 Å². The fraction of sp³-hybridized carbons (Fsp3) is 0.150. The summed E-state index contributed by atoms with van der Waals surface area (Å²) in [6, 6.07) is 28.6. The van der Waals surface area contributed by atoms with Crippen LogP contribution >= 0.6 is 11.8 Å². The van der Waals surface area contributed by atoms with E-state index in [1.54, 1.807) is 44.4 Å². The molecule has 3 amide bonds. The Morgan fingerprint density at radius 2 is 1.61 bits per heavy atom. The van der Waals surface area contributed by atoms with Crippen LogP contribution in [0.25, 0.3) is 11.8 Å². The van der Waals surface area contributed by atoms with E-state index < -0.39 is 11.8 Å². The quantitative estimate of drug-likeness (QED) is 0.101. The summed E-state index contributed by atoms with van der Waals surface area (Å²) in [4.78, 5) is 46.8. The number of methoxy groups -OCH3 is 1. The summed E-state index contributed by atoms with van der Waals surface area (Å²) in [5.74, 6) is -0.816. The van der Waals surface area contributed by atoms with Crippen molar-refractivity contribution in [3.8, 4) is 11.4 Å². The van der Waals surface area contributed by atoms with Gasteiger partial charge in [-0.25, -0.2) is 0 Å². The van der Waals surface area contributed by atoms with Gasteiger partial charge in [-0.05, 0) is 79.9 Å². The molecule has 0 atom stereocenters. The SMILES string of the molecule is C=C/C=C\C(=C/C)N1C(=O)/C(=C/c2cc(C)n(-c3ccc(OC)cc3)c2C)C(=O)N=C1SCC(=O)NC(c1ccccc1)c1ccccc1. The molecule has 9 heteroatoms. The number of carbonyl (C=O) groups is 3. The van der Waals surface area contributed by atoms with Crippen LogP contribution in [0.4, 0.5) is 0 Å². The van der Waals surface area contributed by atoms with Crippen molar-refractivity contribution in [1.29, 1.82) is 0 Å². The minimum atomic E-state index is -0.673. The molecule has 0 saturated carbocycles. The first-order valence-electron chi connectivity index (χ1n) is 15.8. The van der Waals surface area contributed by atoms with Gasteiger partial charge < -0.3 is 14.6 Å². The number of rotatable bonds is 11. The van der Waals surface area contributed by atoms with Crippen LogP contribution in [0.3, 0.4) is 0 Å². The summed E-state index contributed by atoms with van der Waals surface area (Å²) in [6.45, 7) is 9.43. The number of aliphatic imine (C=N–C) groups is 1. The van der Waals surface area contributed by atoms with E-state index >= 15 is 0 Å².